The summed E-state index contributed by atoms with van der Waals surface area (Å²) < 4.78 is 13.3. The first-order valence-electron chi connectivity index (χ1n) is 19.9. The van der Waals surface area contributed by atoms with E-state index in [0.29, 0.717) is 0 Å². The van der Waals surface area contributed by atoms with Gasteiger partial charge in [-0.05, 0) is 78.8 Å². The van der Waals surface area contributed by atoms with Crippen molar-refractivity contribution in [3.63, 3.8) is 0 Å². The number of rotatable bonds is 7. The van der Waals surface area contributed by atoms with Crippen LogP contribution >= 0.6 is 0 Å². The molecule has 0 N–H and O–H groups in total. The lowest BCUT2D eigenvalue weighted by molar-refractivity contribution is -0.0696. The minimum atomic E-state index is -0.434. The summed E-state index contributed by atoms with van der Waals surface area (Å²) in [6.45, 7) is 8.43. The Hall–Kier alpha value is -3.90. The van der Waals surface area contributed by atoms with E-state index in [4.69, 9.17) is 9.47 Å². The fraction of sp³-hybridized carbons (Fsp3) is 0.435. The van der Waals surface area contributed by atoms with Crippen molar-refractivity contribution in [2.75, 3.05) is 59.1 Å². The molecular weight excluding hydrogens is 627 g/mol. The van der Waals surface area contributed by atoms with Gasteiger partial charge >= 0.3 is 0 Å². The topological polar surface area (TPSA) is 28.2 Å². The van der Waals surface area contributed by atoms with Crippen molar-refractivity contribution in [3.8, 4) is 0 Å². The van der Waals surface area contributed by atoms with E-state index >= 15 is 0 Å². The van der Waals surface area contributed by atoms with Crippen molar-refractivity contribution in [2.24, 2.45) is 0 Å². The summed E-state index contributed by atoms with van der Waals surface area (Å²) in [5.74, 6) is 0.0655. The number of fused-ring (bicyclic) bond motifs is 1. The molecule has 5 nitrogen and oxygen atoms in total. The SMILES string of the molecule is c1ccc(C2=C(N3CCCCC3)C(c3cccc4ccccc34)=C(N3CCCCC3)C(c3ccccc3)C2(C2CCCO2)N2CCOCC2)cc1. The number of piperidine rings is 2. The molecule has 3 atom stereocenters. The second-order valence-electron chi connectivity index (χ2n) is 15.2. The summed E-state index contributed by atoms with van der Waals surface area (Å²) in [5.41, 5.74) is 9.54. The molecule has 0 radical (unpaired) electrons. The van der Waals surface area contributed by atoms with E-state index < -0.39 is 5.54 Å². The number of nitrogens with zero attached hydrogens (tertiary/aromatic N) is 3. The number of morpholine rings is 1. The zero-order chi connectivity index (χ0) is 34.0. The first-order valence-corrected chi connectivity index (χ1v) is 19.9. The van der Waals surface area contributed by atoms with E-state index in [1.807, 2.05) is 0 Å². The highest BCUT2D eigenvalue weighted by Gasteiger charge is 2.61. The zero-order valence-corrected chi connectivity index (χ0v) is 30.1. The summed E-state index contributed by atoms with van der Waals surface area (Å²) in [5, 5.41) is 2.65. The van der Waals surface area contributed by atoms with Gasteiger partial charge in [0.1, 0.15) is 0 Å². The lowest BCUT2D eigenvalue weighted by Crippen LogP contribution is -2.66. The van der Waals surface area contributed by atoms with E-state index in [1.54, 1.807) is 0 Å². The standard InChI is InChI=1S/C46H53N3O2/c1-5-18-36(19-6-1)42-44(47-26-11-3-12-27-47)41(39-24-15-22-35-17-9-10-23-38(35)39)45(48-28-13-4-14-29-48)43(37-20-7-2-8-21-37)46(42,40-25-16-32-51-40)49-30-33-50-34-31-49/h1-2,5-10,15,17-24,40,42H,3-4,11-14,16,25-34H2. The second kappa shape index (κ2) is 14.6. The molecule has 9 rings (SSSR count). The average Bonchev–Trinajstić information content (AvgIpc) is 3.77. The Kier molecular flexibility index (Phi) is 9.45. The van der Waals surface area contributed by atoms with Crippen LogP contribution in [0.25, 0.3) is 21.9 Å². The largest absolute Gasteiger partial charge is 0.379 e. The van der Waals surface area contributed by atoms with E-state index in [1.165, 1.54) is 88.5 Å². The van der Waals surface area contributed by atoms with Gasteiger partial charge in [0.2, 0.25) is 0 Å². The number of allylic oxidation sites excluding steroid dienone is 1. The molecule has 0 spiro atoms. The monoisotopic (exact) mass is 679 g/mol. The third-order valence-electron chi connectivity index (χ3n) is 12.4. The van der Waals surface area contributed by atoms with Gasteiger partial charge in [-0.25, -0.2) is 0 Å². The van der Waals surface area contributed by atoms with Crippen molar-refractivity contribution in [1.29, 1.82) is 0 Å². The lowest BCUT2D eigenvalue weighted by atomic mass is 9.60. The molecule has 0 saturated carbocycles. The molecule has 1 aliphatic carbocycles. The van der Waals surface area contributed by atoms with E-state index in [9.17, 15) is 0 Å². The molecule has 264 valence electrons. The quantitative estimate of drug-likeness (QED) is 0.195. The van der Waals surface area contributed by atoms with Gasteiger partial charge in [0.05, 0.1) is 30.6 Å². The maximum Gasteiger partial charge on any atom is 0.0878 e. The third-order valence-corrected chi connectivity index (χ3v) is 12.4. The fourth-order valence-electron chi connectivity index (χ4n) is 10.3. The van der Waals surface area contributed by atoms with Gasteiger partial charge < -0.3 is 19.3 Å². The van der Waals surface area contributed by atoms with Crippen LogP contribution < -0.4 is 0 Å². The van der Waals surface area contributed by atoms with Crippen LogP contribution in [-0.2, 0) is 9.47 Å². The Morgan fingerprint density at radius 3 is 1.92 bits per heavy atom. The van der Waals surface area contributed by atoms with Crippen LogP contribution in [0.15, 0.2) is 115 Å². The van der Waals surface area contributed by atoms with Crippen LogP contribution in [0, 0.1) is 0 Å². The molecule has 0 aromatic heterocycles. The molecule has 3 unspecified atom stereocenters. The van der Waals surface area contributed by atoms with Crippen molar-refractivity contribution in [1.82, 2.24) is 14.7 Å². The van der Waals surface area contributed by atoms with Gasteiger partial charge in [-0.1, -0.05) is 103 Å². The van der Waals surface area contributed by atoms with Crippen LogP contribution in [0.3, 0.4) is 0 Å². The Labute approximate surface area is 304 Å². The van der Waals surface area contributed by atoms with Crippen LogP contribution in [0.5, 0.6) is 0 Å². The molecule has 5 heteroatoms. The van der Waals surface area contributed by atoms with Gasteiger partial charge in [0.15, 0.2) is 0 Å². The van der Waals surface area contributed by atoms with Gasteiger partial charge in [0, 0.05) is 68.6 Å². The molecule has 4 heterocycles. The molecule has 4 fully saturated rings. The number of likely N-dealkylation sites (tertiary alicyclic amines) is 2. The maximum atomic E-state index is 7.16. The number of hydrogen-bond acceptors (Lipinski definition) is 5. The zero-order valence-electron chi connectivity index (χ0n) is 30.1. The summed E-state index contributed by atoms with van der Waals surface area (Å²) >= 11 is 0. The van der Waals surface area contributed by atoms with E-state index in [-0.39, 0.29) is 12.0 Å². The molecule has 4 aromatic rings. The van der Waals surface area contributed by atoms with Crippen molar-refractivity contribution >= 4 is 21.9 Å². The van der Waals surface area contributed by atoms with Crippen LogP contribution in [-0.4, -0.2) is 85.4 Å². The summed E-state index contributed by atoms with van der Waals surface area (Å²) in [6.07, 6.45) is 9.70. The molecule has 4 saturated heterocycles. The van der Waals surface area contributed by atoms with E-state index in [2.05, 4.69) is 118 Å². The smallest absolute Gasteiger partial charge is 0.0878 e. The summed E-state index contributed by atoms with van der Waals surface area (Å²) in [6, 6.07) is 39.2. The lowest BCUT2D eigenvalue weighted by Gasteiger charge is -2.60. The van der Waals surface area contributed by atoms with Crippen molar-refractivity contribution in [2.45, 2.75) is 68.9 Å². The minimum absolute atomic E-state index is 0.0460. The van der Waals surface area contributed by atoms with Gasteiger partial charge in [-0.15, -0.1) is 0 Å². The second-order valence-corrected chi connectivity index (χ2v) is 15.2. The van der Waals surface area contributed by atoms with Gasteiger partial charge in [-0.2, -0.15) is 0 Å². The first-order chi connectivity index (χ1) is 25.4. The van der Waals surface area contributed by atoms with Crippen molar-refractivity contribution in [3.05, 3.63) is 131 Å². The minimum Gasteiger partial charge on any atom is -0.379 e. The molecular formula is C46H53N3O2. The van der Waals surface area contributed by atoms with Gasteiger partial charge in [0.25, 0.3) is 0 Å². The normalized spacial score (nSPS) is 26.7. The molecule has 0 bridgehead atoms. The predicted octanol–water partition coefficient (Wildman–Crippen LogP) is 8.98. The van der Waals surface area contributed by atoms with E-state index in [0.717, 1.165) is 71.9 Å². The van der Waals surface area contributed by atoms with Crippen molar-refractivity contribution < 1.29 is 9.47 Å². The molecule has 4 aliphatic heterocycles. The highest BCUT2D eigenvalue weighted by atomic mass is 16.5. The molecule has 5 aliphatic rings. The first kappa shape index (κ1) is 33.0. The average molecular weight is 680 g/mol. The Bertz CT molecular complexity index is 1860. The number of hydrogen-bond donors (Lipinski definition) is 0. The molecule has 0 amide bonds. The molecule has 51 heavy (non-hydrogen) atoms. The number of benzene rings is 4. The fourth-order valence-corrected chi connectivity index (χ4v) is 10.3. The highest BCUT2D eigenvalue weighted by molar-refractivity contribution is 6.04. The summed E-state index contributed by atoms with van der Waals surface area (Å²) in [7, 11) is 0. The number of ether oxygens (including phenoxy) is 2. The van der Waals surface area contributed by atoms with Crippen LogP contribution in [0.4, 0.5) is 0 Å². The van der Waals surface area contributed by atoms with Crippen LogP contribution in [0.2, 0.25) is 0 Å². The Balaban J connectivity index is 1.49. The maximum absolute atomic E-state index is 7.16. The van der Waals surface area contributed by atoms with Crippen LogP contribution in [0.1, 0.15) is 74.0 Å². The Morgan fingerprint density at radius 1 is 0.569 bits per heavy atom. The highest BCUT2D eigenvalue weighted by Crippen LogP contribution is 2.61. The predicted molar refractivity (Wildman–Crippen MR) is 208 cm³/mol. The Morgan fingerprint density at radius 2 is 1.22 bits per heavy atom. The summed E-state index contributed by atoms with van der Waals surface area (Å²) in [4.78, 5) is 8.51. The third kappa shape index (κ3) is 5.82. The molecule has 4 aromatic carbocycles. The van der Waals surface area contributed by atoms with Gasteiger partial charge in [-0.3, -0.25) is 4.90 Å².